The van der Waals surface area contributed by atoms with Gasteiger partial charge in [-0.1, -0.05) is 18.2 Å². The van der Waals surface area contributed by atoms with Crippen LogP contribution in [0.2, 0.25) is 0 Å². The first kappa shape index (κ1) is 10.1. The Kier molecular flexibility index (Phi) is 2.00. The van der Waals surface area contributed by atoms with E-state index in [1.54, 1.807) is 0 Å². The van der Waals surface area contributed by atoms with E-state index in [-0.39, 0.29) is 0 Å². The maximum atomic E-state index is 4.62. The van der Waals surface area contributed by atoms with Crippen molar-refractivity contribution in [1.29, 1.82) is 0 Å². The smallest absolute Gasteiger partial charge is 0.106 e. The summed E-state index contributed by atoms with van der Waals surface area (Å²) in [5.74, 6) is 0. The second-order valence-electron chi connectivity index (χ2n) is 4.31. The largest absolute Gasteiger partial charge is 0.314 e. The van der Waals surface area contributed by atoms with Gasteiger partial charge in [0.25, 0.3) is 0 Å². The van der Waals surface area contributed by atoms with Crippen LogP contribution in [-0.2, 0) is 0 Å². The number of aromatic nitrogens is 2. The Bertz CT molecular complexity index is 893. The van der Waals surface area contributed by atoms with Crippen molar-refractivity contribution < 1.29 is 0 Å². The molecule has 3 heteroatoms. The molecule has 0 aliphatic rings. The Labute approximate surface area is 112 Å². The monoisotopic (exact) mass is 296 g/mol. The zero-order valence-corrected chi connectivity index (χ0v) is 11.1. The maximum absolute atomic E-state index is 4.62. The molecule has 0 aliphatic heterocycles. The third kappa shape index (κ3) is 1.25. The zero-order valence-electron chi connectivity index (χ0n) is 9.47. The van der Waals surface area contributed by atoms with Crippen molar-refractivity contribution in [2.45, 2.75) is 0 Å². The lowest BCUT2D eigenvalue weighted by Crippen LogP contribution is -1.91. The molecule has 0 radical (unpaired) electrons. The minimum absolute atomic E-state index is 0.869. The summed E-state index contributed by atoms with van der Waals surface area (Å²) < 4.78 is 3.06. The molecule has 1 aromatic carbocycles. The van der Waals surface area contributed by atoms with Crippen LogP contribution in [0.5, 0.6) is 0 Å². The van der Waals surface area contributed by atoms with Crippen molar-refractivity contribution in [2.75, 3.05) is 0 Å². The molecule has 0 N–H and O–H groups in total. The van der Waals surface area contributed by atoms with Gasteiger partial charge >= 0.3 is 0 Å². The Balaban J connectivity index is 2.44. The van der Waals surface area contributed by atoms with E-state index < -0.39 is 0 Å². The van der Waals surface area contributed by atoms with E-state index in [4.69, 9.17) is 0 Å². The van der Waals surface area contributed by atoms with Crippen LogP contribution < -0.4 is 0 Å². The van der Waals surface area contributed by atoms with Crippen molar-refractivity contribution in [3.05, 3.63) is 59.3 Å². The van der Waals surface area contributed by atoms with Gasteiger partial charge in [0.1, 0.15) is 4.60 Å². The summed E-state index contributed by atoms with van der Waals surface area (Å²) >= 11 is 3.45. The molecular formula is C15H9BrN2. The van der Waals surface area contributed by atoms with Crippen molar-refractivity contribution in [1.82, 2.24) is 9.38 Å². The number of rotatable bonds is 0. The molecular weight excluding hydrogens is 288 g/mol. The molecule has 0 fully saturated rings. The molecule has 0 atom stereocenters. The Morgan fingerprint density at radius 1 is 0.833 bits per heavy atom. The van der Waals surface area contributed by atoms with Crippen LogP contribution in [-0.4, -0.2) is 9.38 Å². The Hall–Kier alpha value is -1.87. The van der Waals surface area contributed by atoms with E-state index in [0.717, 1.165) is 15.6 Å². The molecule has 0 bridgehead atoms. The Morgan fingerprint density at radius 3 is 2.61 bits per heavy atom. The van der Waals surface area contributed by atoms with Crippen LogP contribution >= 0.6 is 15.9 Å². The van der Waals surface area contributed by atoms with Crippen LogP contribution in [0.3, 0.4) is 0 Å². The highest BCUT2D eigenvalue weighted by Gasteiger charge is 2.08. The van der Waals surface area contributed by atoms with Gasteiger partial charge in [-0.15, -0.1) is 0 Å². The first-order valence-electron chi connectivity index (χ1n) is 5.78. The van der Waals surface area contributed by atoms with Crippen molar-refractivity contribution >= 4 is 43.3 Å². The van der Waals surface area contributed by atoms with Gasteiger partial charge in [0.15, 0.2) is 0 Å². The number of fused-ring (bicyclic) bond motifs is 6. The van der Waals surface area contributed by atoms with Gasteiger partial charge in [0.05, 0.1) is 16.6 Å². The highest BCUT2D eigenvalue weighted by atomic mass is 79.9. The number of para-hydroxylation sites is 1. The van der Waals surface area contributed by atoms with Crippen molar-refractivity contribution in [3.63, 3.8) is 0 Å². The molecule has 3 aromatic heterocycles. The second kappa shape index (κ2) is 3.56. The fraction of sp³-hybridized carbons (Fsp3) is 0. The van der Waals surface area contributed by atoms with E-state index in [1.807, 2.05) is 6.07 Å². The molecule has 0 unspecified atom stereocenters. The predicted molar refractivity (Wildman–Crippen MR) is 77.9 cm³/mol. The molecule has 4 aromatic rings. The molecule has 86 valence electrons. The summed E-state index contributed by atoms with van der Waals surface area (Å²) in [5.41, 5.74) is 3.40. The topological polar surface area (TPSA) is 17.3 Å². The molecule has 18 heavy (non-hydrogen) atoms. The molecule has 2 nitrogen and oxygen atoms in total. The number of nitrogens with zero attached hydrogens (tertiary/aromatic N) is 2. The quantitative estimate of drug-likeness (QED) is 0.347. The number of pyridine rings is 2. The number of hydrogen-bond acceptors (Lipinski definition) is 1. The van der Waals surface area contributed by atoms with E-state index in [1.165, 1.54) is 16.3 Å². The lowest BCUT2D eigenvalue weighted by atomic mass is 10.1. The summed E-state index contributed by atoms with van der Waals surface area (Å²) in [4.78, 5) is 4.62. The predicted octanol–water partition coefficient (Wildman–Crippen LogP) is 4.40. The van der Waals surface area contributed by atoms with Gasteiger partial charge in [0, 0.05) is 17.0 Å². The average Bonchev–Trinajstić information content (AvgIpc) is 2.88. The Morgan fingerprint density at radius 2 is 1.67 bits per heavy atom. The zero-order chi connectivity index (χ0) is 12.1. The normalized spacial score (nSPS) is 11.6. The van der Waals surface area contributed by atoms with Gasteiger partial charge in [-0.05, 0) is 46.3 Å². The van der Waals surface area contributed by atoms with Crippen LogP contribution in [0.25, 0.3) is 27.3 Å². The van der Waals surface area contributed by atoms with E-state index in [0.29, 0.717) is 0 Å². The standard InChI is InChI=1S/C15H9BrN2/c16-14-8-7-11-10-4-1-2-5-12(10)18-9-3-6-13(18)15(11)17-14/h1-9H. The van der Waals surface area contributed by atoms with E-state index in [9.17, 15) is 0 Å². The number of hydrogen-bond donors (Lipinski definition) is 0. The summed E-state index contributed by atoms with van der Waals surface area (Å²) in [7, 11) is 0. The fourth-order valence-corrected chi connectivity index (χ4v) is 2.85. The molecule has 0 saturated heterocycles. The minimum atomic E-state index is 0.869. The van der Waals surface area contributed by atoms with Gasteiger partial charge in [-0.2, -0.15) is 0 Å². The first-order valence-corrected chi connectivity index (χ1v) is 6.58. The van der Waals surface area contributed by atoms with E-state index in [2.05, 4.69) is 74.0 Å². The van der Waals surface area contributed by atoms with Crippen molar-refractivity contribution in [2.24, 2.45) is 0 Å². The first-order chi connectivity index (χ1) is 8.84. The highest BCUT2D eigenvalue weighted by Crippen LogP contribution is 2.29. The molecule has 0 aliphatic carbocycles. The second-order valence-corrected chi connectivity index (χ2v) is 5.12. The summed E-state index contributed by atoms with van der Waals surface area (Å²) in [6.07, 6.45) is 2.08. The van der Waals surface area contributed by atoms with Gasteiger partial charge < -0.3 is 4.40 Å². The lowest BCUT2D eigenvalue weighted by molar-refractivity contribution is 1.26. The lowest BCUT2D eigenvalue weighted by Gasteiger charge is -2.08. The SMILES string of the molecule is Brc1ccc2c3ccccc3n3cccc3c2n1. The molecule has 0 spiro atoms. The summed E-state index contributed by atoms with van der Waals surface area (Å²) in [6.45, 7) is 0. The van der Waals surface area contributed by atoms with Gasteiger partial charge in [-0.3, -0.25) is 0 Å². The molecule has 3 heterocycles. The molecule has 4 rings (SSSR count). The minimum Gasteiger partial charge on any atom is -0.314 e. The number of halogens is 1. The van der Waals surface area contributed by atoms with E-state index >= 15 is 0 Å². The third-order valence-electron chi connectivity index (χ3n) is 3.31. The molecule has 0 amide bonds. The van der Waals surface area contributed by atoms with Crippen LogP contribution in [0.1, 0.15) is 0 Å². The van der Waals surface area contributed by atoms with Gasteiger partial charge in [0.2, 0.25) is 0 Å². The fourth-order valence-electron chi connectivity index (χ4n) is 2.54. The molecule has 0 saturated carbocycles. The summed E-state index contributed by atoms with van der Waals surface area (Å²) in [5, 5.41) is 2.43. The maximum Gasteiger partial charge on any atom is 0.106 e. The highest BCUT2D eigenvalue weighted by molar-refractivity contribution is 9.10. The third-order valence-corrected chi connectivity index (χ3v) is 3.75. The average molecular weight is 297 g/mol. The van der Waals surface area contributed by atoms with Gasteiger partial charge in [-0.25, -0.2) is 4.98 Å². The summed E-state index contributed by atoms with van der Waals surface area (Å²) in [6, 6.07) is 16.7. The van der Waals surface area contributed by atoms with Crippen LogP contribution in [0, 0.1) is 0 Å². The number of benzene rings is 1. The van der Waals surface area contributed by atoms with Crippen molar-refractivity contribution in [3.8, 4) is 0 Å². The van der Waals surface area contributed by atoms with Crippen LogP contribution in [0.4, 0.5) is 0 Å². The van der Waals surface area contributed by atoms with Crippen LogP contribution in [0.15, 0.2) is 59.3 Å².